The van der Waals surface area contributed by atoms with Gasteiger partial charge in [0.15, 0.2) is 0 Å². The first-order chi connectivity index (χ1) is 7.27. The number of nitrogens with zero attached hydrogens (tertiary/aromatic N) is 1. The number of hydrogen-bond acceptors (Lipinski definition) is 3. The molecule has 2 rings (SSSR count). The molecule has 2 heterocycles. The van der Waals surface area contributed by atoms with Crippen LogP contribution in [0.2, 0.25) is 0 Å². The first kappa shape index (κ1) is 14.1. The van der Waals surface area contributed by atoms with Gasteiger partial charge in [0, 0.05) is 24.1 Å². The van der Waals surface area contributed by atoms with Gasteiger partial charge >= 0.3 is 0 Å². The Kier molecular flexibility index (Phi) is 5.94. The van der Waals surface area contributed by atoms with Crippen LogP contribution in [0, 0.1) is 0 Å². The largest absolute Gasteiger partial charge is 0.339 e. The summed E-state index contributed by atoms with van der Waals surface area (Å²) in [5.41, 5.74) is 0. The van der Waals surface area contributed by atoms with Crippen LogP contribution in [-0.4, -0.2) is 47.5 Å². The van der Waals surface area contributed by atoms with Gasteiger partial charge in [-0.15, -0.1) is 12.4 Å². The highest BCUT2D eigenvalue weighted by Crippen LogP contribution is 2.19. The lowest BCUT2D eigenvalue weighted by atomic mass is 10.0. The molecule has 3 nitrogen and oxygen atoms in total. The third kappa shape index (κ3) is 3.54. The normalized spacial score (nSPS) is 30.7. The van der Waals surface area contributed by atoms with E-state index >= 15 is 0 Å². The SMILES string of the molecule is CC1CN(C(=O)[C@@H]2CCCCN2)CCS1.Cl. The summed E-state index contributed by atoms with van der Waals surface area (Å²) in [6, 6.07) is 0.106. The summed E-state index contributed by atoms with van der Waals surface area (Å²) >= 11 is 1.97. The molecule has 0 saturated carbocycles. The second kappa shape index (κ2) is 6.72. The van der Waals surface area contributed by atoms with Gasteiger partial charge in [-0.1, -0.05) is 13.3 Å². The highest BCUT2D eigenvalue weighted by Gasteiger charge is 2.28. The fraction of sp³-hybridized carbons (Fsp3) is 0.909. The minimum atomic E-state index is 0. The maximum Gasteiger partial charge on any atom is 0.239 e. The van der Waals surface area contributed by atoms with Gasteiger partial charge in [-0.25, -0.2) is 0 Å². The zero-order chi connectivity index (χ0) is 10.7. The second-order valence-electron chi connectivity index (χ2n) is 4.47. The van der Waals surface area contributed by atoms with Crippen molar-refractivity contribution in [2.75, 3.05) is 25.4 Å². The summed E-state index contributed by atoms with van der Waals surface area (Å²) in [7, 11) is 0. The highest BCUT2D eigenvalue weighted by atomic mass is 35.5. The molecule has 2 aliphatic rings. The molecule has 2 fully saturated rings. The molecule has 0 aromatic rings. The number of rotatable bonds is 1. The van der Waals surface area contributed by atoms with E-state index in [1.165, 1.54) is 12.8 Å². The van der Waals surface area contributed by atoms with E-state index in [0.717, 1.165) is 31.8 Å². The van der Waals surface area contributed by atoms with E-state index in [0.29, 0.717) is 11.2 Å². The Morgan fingerprint density at radius 3 is 2.88 bits per heavy atom. The van der Waals surface area contributed by atoms with Crippen LogP contribution < -0.4 is 5.32 Å². The van der Waals surface area contributed by atoms with E-state index in [-0.39, 0.29) is 18.4 Å². The molecular formula is C11H21ClN2OS. The topological polar surface area (TPSA) is 32.3 Å². The number of piperidine rings is 1. The van der Waals surface area contributed by atoms with Gasteiger partial charge in [-0.2, -0.15) is 11.8 Å². The van der Waals surface area contributed by atoms with E-state index in [4.69, 9.17) is 0 Å². The lowest BCUT2D eigenvalue weighted by molar-refractivity contribution is -0.133. The Bertz CT molecular complexity index is 234. The fourth-order valence-electron chi connectivity index (χ4n) is 2.30. The molecule has 2 atom stereocenters. The van der Waals surface area contributed by atoms with Crippen LogP contribution in [-0.2, 0) is 4.79 Å². The Morgan fingerprint density at radius 2 is 2.25 bits per heavy atom. The molecule has 0 aromatic heterocycles. The van der Waals surface area contributed by atoms with Crippen LogP contribution in [0.4, 0.5) is 0 Å². The van der Waals surface area contributed by atoms with Crippen LogP contribution >= 0.6 is 24.2 Å². The number of halogens is 1. The Morgan fingerprint density at radius 1 is 1.44 bits per heavy atom. The Labute approximate surface area is 108 Å². The third-order valence-electron chi connectivity index (χ3n) is 3.16. The Balaban J connectivity index is 0.00000128. The molecule has 16 heavy (non-hydrogen) atoms. The molecule has 2 saturated heterocycles. The second-order valence-corrected chi connectivity index (χ2v) is 6.01. The number of thioether (sulfide) groups is 1. The van der Waals surface area contributed by atoms with Crippen molar-refractivity contribution < 1.29 is 4.79 Å². The monoisotopic (exact) mass is 264 g/mol. The van der Waals surface area contributed by atoms with Crippen LogP contribution in [0.25, 0.3) is 0 Å². The van der Waals surface area contributed by atoms with Crippen LogP contribution in [0.15, 0.2) is 0 Å². The molecule has 2 aliphatic heterocycles. The molecular weight excluding hydrogens is 244 g/mol. The van der Waals surface area contributed by atoms with Crippen molar-refractivity contribution >= 4 is 30.1 Å². The molecule has 1 amide bonds. The predicted octanol–water partition coefficient (Wildman–Crippen LogP) is 1.51. The lowest BCUT2D eigenvalue weighted by Gasteiger charge is -2.34. The van der Waals surface area contributed by atoms with Gasteiger partial charge in [-0.3, -0.25) is 4.79 Å². The molecule has 0 aliphatic carbocycles. The third-order valence-corrected chi connectivity index (χ3v) is 4.30. The summed E-state index contributed by atoms with van der Waals surface area (Å²) in [4.78, 5) is 14.2. The first-order valence-corrected chi connectivity index (χ1v) is 6.96. The van der Waals surface area contributed by atoms with Crippen molar-refractivity contribution in [2.45, 2.75) is 37.5 Å². The van der Waals surface area contributed by atoms with E-state index in [2.05, 4.69) is 12.2 Å². The molecule has 0 spiro atoms. The molecule has 5 heteroatoms. The van der Waals surface area contributed by atoms with Crippen LogP contribution in [0.3, 0.4) is 0 Å². The number of amides is 1. The minimum absolute atomic E-state index is 0. The molecule has 94 valence electrons. The van der Waals surface area contributed by atoms with Gasteiger partial charge in [0.05, 0.1) is 6.04 Å². The first-order valence-electron chi connectivity index (χ1n) is 5.91. The van der Waals surface area contributed by atoms with Gasteiger partial charge in [0.1, 0.15) is 0 Å². The van der Waals surface area contributed by atoms with E-state index in [9.17, 15) is 4.79 Å². The average Bonchev–Trinajstić information content (AvgIpc) is 2.29. The number of carbonyl (C=O) groups excluding carboxylic acids is 1. The fourth-order valence-corrected chi connectivity index (χ4v) is 3.32. The van der Waals surface area contributed by atoms with Crippen LogP contribution in [0.1, 0.15) is 26.2 Å². The van der Waals surface area contributed by atoms with Gasteiger partial charge in [0.2, 0.25) is 5.91 Å². The molecule has 1 unspecified atom stereocenters. The van der Waals surface area contributed by atoms with Crippen molar-refractivity contribution in [3.8, 4) is 0 Å². The zero-order valence-corrected chi connectivity index (χ0v) is 11.4. The summed E-state index contributed by atoms with van der Waals surface area (Å²) in [5, 5.41) is 3.94. The maximum atomic E-state index is 12.2. The lowest BCUT2D eigenvalue weighted by Crippen LogP contribution is -2.51. The number of nitrogens with one attached hydrogen (secondary N) is 1. The molecule has 0 aromatic carbocycles. The van der Waals surface area contributed by atoms with Crippen molar-refractivity contribution in [3.63, 3.8) is 0 Å². The smallest absolute Gasteiger partial charge is 0.239 e. The van der Waals surface area contributed by atoms with Gasteiger partial charge in [0.25, 0.3) is 0 Å². The number of hydrogen-bond donors (Lipinski definition) is 1. The van der Waals surface area contributed by atoms with Gasteiger partial charge < -0.3 is 10.2 Å². The van der Waals surface area contributed by atoms with E-state index in [1.807, 2.05) is 16.7 Å². The summed E-state index contributed by atoms with van der Waals surface area (Å²) < 4.78 is 0. The quantitative estimate of drug-likeness (QED) is 0.779. The predicted molar refractivity (Wildman–Crippen MR) is 71.4 cm³/mol. The standard InChI is InChI=1S/C11H20N2OS.ClH/c1-9-8-13(6-7-15-9)11(14)10-4-2-3-5-12-10;/h9-10,12H,2-8H2,1H3;1H/t9?,10-;/m0./s1. The van der Waals surface area contributed by atoms with E-state index in [1.54, 1.807) is 0 Å². The summed E-state index contributed by atoms with van der Waals surface area (Å²) in [6.45, 7) is 5.08. The van der Waals surface area contributed by atoms with Gasteiger partial charge in [-0.05, 0) is 19.4 Å². The van der Waals surface area contributed by atoms with E-state index < -0.39 is 0 Å². The van der Waals surface area contributed by atoms with Crippen molar-refractivity contribution in [2.24, 2.45) is 0 Å². The van der Waals surface area contributed by atoms with Crippen molar-refractivity contribution in [1.82, 2.24) is 10.2 Å². The molecule has 0 bridgehead atoms. The maximum absolute atomic E-state index is 12.2. The molecule has 0 radical (unpaired) electrons. The van der Waals surface area contributed by atoms with Crippen LogP contribution in [0.5, 0.6) is 0 Å². The van der Waals surface area contributed by atoms with Crippen molar-refractivity contribution in [3.05, 3.63) is 0 Å². The molecule has 1 N–H and O–H groups in total. The highest BCUT2D eigenvalue weighted by molar-refractivity contribution is 7.99. The Hall–Kier alpha value is 0.0700. The summed E-state index contributed by atoms with van der Waals surface area (Å²) in [6.07, 6.45) is 3.44. The minimum Gasteiger partial charge on any atom is -0.339 e. The van der Waals surface area contributed by atoms with Crippen molar-refractivity contribution in [1.29, 1.82) is 0 Å². The summed E-state index contributed by atoms with van der Waals surface area (Å²) in [5.74, 6) is 1.43. The zero-order valence-electron chi connectivity index (χ0n) is 9.78. The number of carbonyl (C=O) groups is 1. The average molecular weight is 265 g/mol.